The summed E-state index contributed by atoms with van der Waals surface area (Å²) in [5.74, 6) is 0.174. The van der Waals surface area contributed by atoms with Crippen molar-refractivity contribution < 1.29 is 9.53 Å². The van der Waals surface area contributed by atoms with Crippen LogP contribution in [0.3, 0.4) is 0 Å². The average Bonchev–Trinajstić information content (AvgIpc) is 2.35. The molecule has 0 heterocycles. The van der Waals surface area contributed by atoms with Gasteiger partial charge in [0.25, 0.3) is 0 Å². The highest BCUT2D eigenvalue weighted by atomic mass is 16.5. The third kappa shape index (κ3) is 4.46. The van der Waals surface area contributed by atoms with Crippen molar-refractivity contribution in [2.24, 2.45) is 0 Å². The lowest BCUT2D eigenvalue weighted by atomic mass is 9.86. The van der Waals surface area contributed by atoms with Crippen molar-refractivity contribution in [2.45, 2.75) is 59.0 Å². The molecule has 0 spiro atoms. The minimum atomic E-state index is -0.404. The molecule has 0 N–H and O–H groups in total. The summed E-state index contributed by atoms with van der Waals surface area (Å²) in [5.41, 5.74) is 2.37. The van der Waals surface area contributed by atoms with Crippen molar-refractivity contribution in [2.75, 3.05) is 6.61 Å². The number of carbonyl (C=O) groups is 1. The van der Waals surface area contributed by atoms with Crippen LogP contribution in [0.2, 0.25) is 0 Å². The van der Waals surface area contributed by atoms with Gasteiger partial charge < -0.3 is 4.74 Å². The highest BCUT2D eigenvalue weighted by molar-refractivity contribution is 5.84. The second-order valence-corrected chi connectivity index (χ2v) is 5.92. The molecule has 1 atom stereocenters. The maximum atomic E-state index is 12.1. The highest BCUT2D eigenvalue weighted by Crippen LogP contribution is 2.26. The molecule has 2 heteroatoms. The summed E-state index contributed by atoms with van der Waals surface area (Å²) in [7, 11) is 0. The second kappa shape index (κ2) is 6.85. The maximum Gasteiger partial charge on any atom is 0.166 e. The van der Waals surface area contributed by atoms with Crippen molar-refractivity contribution >= 4 is 5.78 Å². The number of hydrogen-bond donors (Lipinski definition) is 0. The molecule has 1 aromatic rings. The van der Waals surface area contributed by atoms with Gasteiger partial charge in [-0.05, 0) is 29.9 Å². The van der Waals surface area contributed by atoms with Crippen molar-refractivity contribution in [3.05, 3.63) is 35.4 Å². The van der Waals surface area contributed by atoms with E-state index in [0.717, 1.165) is 12.0 Å². The van der Waals surface area contributed by atoms with Gasteiger partial charge in [0.15, 0.2) is 5.78 Å². The summed E-state index contributed by atoms with van der Waals surface area (Å²) in [4.78, 5) is 12.1. The Labute approximate surface area is 117 Å². The van der Waals surface area contributed by atoms with Crippen LogP contribution in [0.25, 0.3) is 0 Å². The minimum absolute atomic E-state index is 0.132. The van der Waals surface area contributed by atoms with Gasteiger partial charge in [-0.1, -0.05) is 52.0 Å². The first kappa shape index (κ1) is 15.9. The molecule has 0 amide bonds. The Kier molecular flexibility index (Phi) is 5.74. The number of carbonyl (C=O) groups excluding carboxylic acids is 1. The standard InChI is InChI=1S/C17H26O2/c1-6-8-15(18)16(19-7-2)13-9-11-14(12-10-13)17(3,4)5/h9-12,16H,6-8H2,1-5H3. The van der Waals surface area contributed by atoms with Crippen molar-refractivity contribution in [1.29, 1.82) is 0 Å². The molecule has 0 saturated carbocycles. The Bertz CT molecular complexity index is 398. The fourth-order valence-electron chi connectivity index (χ4n) is 2.08. The zero-order valence-electron chi connectivity index (χ0n) is 12.8. The van der Waals surface area contributed by atoms with Gasteiger partial charge in [-0.15, -0.1) is 0 Å². The van der Waals surface area contributed by atoms with Crippen LogP contribution >= 0.6 is 0 Å². The molecule has 0 radical (unpaired) electrons. The molecular formula is C17H26O2. The summed E-state index contributed by atoms with van der Waals surface area (Å²) in [6.45, 7) is 11.1. The van der Waals surface area contributed by atoms with Gasteiger partial charge in [-0.2, -0.15) is 0 Å². The molecule has 0 aliphatic heterocycles. The first-order valence-corrected chi connectivity index (χ1v) is 7.14. The quantitative estimate of drug-likeness (QED) is 0.758. The second-order valence-electron chi connectivity index (χ2n) is 5.92. The Morgan fingerprint density at radius 2 is 1.74 bits per heavy atom. The van der Waals surface area contributed by atoms with Crippen LogP contribution in [0.1, 0.15) is 64.7 Å². The first-order valence-electron chi connectivity index (χ1n) is 7.14. The van der Waals surface area contributed by atoms with E-state index in [9.17, 15) is 4.79 Å². The van der Waals surface area contributed by atoms with E-state index < -0.39 is 6.10 Å². The Morgan fingerprint density at radius 3 is 2.16 bits per heavy atom. The van der Waals surface area contributed by atoms with E-state index in [1.54, 1.807) is 0 Å². The van der Waals surface area contributed by atoms with Gasteiger partial charge in [0.1, 0.15) is 6.10 Å². The van der Waals surface area contributed by atoms with Crippen LogP contribution in [0.5, 0.6) is 0 Å². The van der Waals surface area contributed by atoms with Crippen LogP contribution < -0.4 is 0 Å². The number of hydrogen-bond acceptors (Lipinski definition) is 2. The van der Waals surface area contributed by atoms with E-state index in [0.29, 0.717) is 13.0 Å². The molecular weight excluding hydrogens is 236 g/mol. The average molecular weight is 262 g/mol. The molecule has 0 aliphatic carbocycles. The van der Waals surface area contributed by atoms with Gasteiger partial charge in [0.05, 0.1) is 0 Å². The van der Waals surface area contributed by atoms with Crippen LogP contribution in [-0.2, 0) is 14.9 Å². The van der Waals surface area contributed by atoms with E-state index in [-0.39, 0.29) is 11.2 Å². The predicted octanol–water partition coefficient (Wildman–Crippen LogP) is 4.43. The van der Waals surface area contributed by atoms with E-state index >= 15 is 0 Å². The first-order chi connectivity index (χ1) is 8.90. The van der Waals surface area contributed by atoms with Crippen LogP contribution in [0.15, 0.2) is 24.3 Å². The molecule has 0 bridgehead atoms. The fraction of sp³-hybridized carbons (Fsp3) is 0.588. The number of Topliss-reactive ketones (excluding diaryl/α,β-unsaturated/α-hetero) is 1. The lowest BCUT2D eigenvalue weighted by Gasteiger charge is -2.21. The van der Waals surface area contributed by atoms with Crippen LogP contribution in [0, 0.1) is 0 Å². The normalized spacial score (nSPS) is 13.3. The van der Waals surface area contributed by atoms with Gasteiger partial charge >= 0.3 is 0 Å². The summed E-state index contributed by atoms with van der Waals surface area (Å²) >= 11 is 0. The summed E-state index contributed by atoms with van der Waals surface area (Å²) < 4.78 is 5.62. The van der Waals surface area contributed by atoms with Gasteiger partial charge in [0, 0.05) is 13.0 Å². The minimum Gasteiger partial charge on any atom is -0.366 e. The number of ketones is 1. The van der Waals surface area contributed by atoms with Crippen LogP contribution in [0.4, 0.5) is 0 Å². The van der Waals surface area contributed by atoms with Crippen molar-refractivity contribution in [3.8, 4) is 0 Å². The Hall–Kier alpha value is -1.15. The third-order valence-corrected chi connectivity index (χ3v) is 3.20. The lowest BCUT2D eigenvalue weighted by molar-refractivity contribution is -0.130. The Balaban J connectivity index is 2.94. The molecule has 0 aromatic heterocycles. The fourth-order valence-corrected chi connectivity index (χ4v) is 2.08. The van der Waals surface area contributed by atoms with E-state index in [1.165, 1.54) is 5.56 Å². The molecule has 19 heavy (non-hydrogen) atoms. The molecule has 2 nitrogen and oxygen atoms in total. The molecule has 1 unspecified atom stereocenters. The topological polar surface area (TPSA) is 26.3 Å². The molecule has 106 valence electrons. The number of rotatable bonds is 6. The van der Waals surface area contributed by atoms with E-state index in [2.05, 4.69) is 32.9 Å². The van der Waals surface area contributed by atoms with Crippen molar-refractivity contribution in [3.63, 3.8) is 0 Å². The molecule has 1 rings (SSSR count). The largest absolute Gasteiger partial charge is 0.366 e. The molecule has 1 aromatic carbocycles. The zero-order valence-corrected chi connectivity index (χ0v) is 12.8. The zero-order chi connectivity index (χ0) is 14.5. The summed E-state index contributed by atoms with van der Waals surface area (Å²) in [6.07, 6.45) is 1.03. The maximum absolute atomic E-state index is 12.1. The smallest absolute Gasteiger partial charge is 0.166 e. The van der Waals surface area contributed by atoms with E-state index in [1.807, 2.05) is 26.0 Å². The van der Waals surface area contributed by atoms with Gasteiger partial charge in [0.2, 0.25) is 0 Å². The van der Waals surface area contributed by atoms with Crippen molar-refractivity contribution in [1.82, 2.24) is 0 Å². The highest BCUT2D eigenvalue weighted by Gasteiger charge is 2.21. The predicted molar refractivity (Wildman–Crippen MR) is 79.4 cm³/mol. The summed E-state index contributed by atoms with van der Waals surface area (Å²) in [6, 6.07) is 8.24. The summed E-state index contributed by atoms with van der Waals surface area (Å²) in [5, 5.41) is 0. The monoisotopic (exact) mass is 262 g/mol. The Morgan fingerprint density at radius 1 is 1.16 bits per heavy atom. The molecule has 0 aliphatic rings. The van der Waals surface area contributed by atoms with Gasteiger partial charge in [-0.3, -0.25) is 4.79 Å². The van der Waals surface area contributed by atoms with Gasteiger partial charge in [-0.25, -0.2) is 0 Å². The van der Waals surface area contributed by atoms with Crippen LogP contribution in [-0.4, -0.2) is 12.4 Å². The lowest BCUT2D eigenvalue weighted by Crippen LogP contribution is -2.17. The SMILES string of the molecule is CCCC(=O)C(OCC)c1ccc(C(C)(C)C)cc1. The molecule has 0 saturated heterocycles. The number of ether oxygens (including phenoxy) is 1. The third-order valence-electron chi connectivity index (χ3n) is 3.20. The number of benzene rings is 1. The van der Waals surface area contributed by atoms with E-state index in [4.69, 9.17) is 4.74 Å². The molecule has 0 fully saturated rings.